The van der Waals surface area contributed by atoms with Crippen molar-refractivity contribution < 1.29 is 27.5 Å². The van der Waals surface area contributed by atoms with Crippen molar-refractivity contribution in [2.24, 2.45) is 0 Å². The molecule has 8 heteroatoms. The number of aryl methyl sites for hydroxylation is 2. The van der Waals surface area contributed by atoms with Crippen molar-refractivity contribution in [3.05, 3.63) is 29.3 Å². The molecule has 0 unspecified atom stereocenters. The number of likely N-dealkylation sites (N-methyl/N-ethyl adjacent to an activating group) is 1. The van der Waals surface area contributed by atoms with Crippen molar-refractivity contribution in [2.45, 2.75) is 39.3 Å². The van der Waals surface area contributed by atoms with E-state index in [-0.39, 0.29) is 24.2 Å². The third-order valence-electron chi connectivity index (χ3n) is 4.44. The molecule has 7 nitrogen and oxygen atoms in total. The molecule has 2 rings (SSSR count). The van der Waals surface area contributed by atoms with Gasteiger partial charge in [0.05, 0.1) is 11.5 Å². The molecule has 0 spiro atoms. The molecule has 144 valence electrons. The molecule has 1 saturated heterocycles. The van der Waals surface area contributed by atoms with Gasteiger partial charge in [-0.3, -0.25) is 4.79 Å². The van der Waals surface area contributed by atoms with Gasteiger partial charge in [0.2, 0.25) is 0 Å². The van der Waals surface area contributed by atoms with Crippen molar-refractivity contribution in [3.8, 4) is 5.75 Å². The van der Waals surface area contributed by atoms with E-state index in [0.717, 1.165) is 11.1 Å². The molecule has 0 aliphatic carbocycles. The highest BCUT2D eigenvalue weighted by Gasteiger charge is 2.34. The van der Waals surface area contributed by atoms with Crippen LogP contribution in [0.1, 0.15) is 24.5 Å². The van der Waals surface area contributed by atoms with Gasteiger partial charge in [0, 0.05) is 13.1 Å². The summed E-state index contributed by atoms with van der Waals surface area (Å²) in [6.45, 7) is 5.01. The van der Waals surface area contributed by atoms with Crippen LogP contribution in [0.15, 0.2) is 18.2 Å². The zero-order valence-corrected chi connectivity index (χ0v) is 16.3. The molecule has 1 heterocycles. The Balaban J connectivity index is 1.85. The molecule has 2 atom stereocenters. The summed E-state index contributed by atoms with van der Waals surface area (Å²) in [5.41, 5.74) is 2.00. The topological polar surface area (TPSA) is 90.0 Å². The normalized spacial score (nSPS) is 19.6. The van der Waals surface area contributed by atoms with Crippen molar-refractivity contribution in [1.82, 2.24) is 4.90 Å². The Morgan fingerprint density at radius 1 is 1.31 bits per heavy atom. The Labute approximate surface area is 154 Å². The van der Waals surface area contributed by atoms with Crippen LogP contribution in [0.4, 0.5) is 0 Å². The van der Waals surface area contributed by atoms with Gasteiger partial charge >= 0.3 is 5.97 Å². The maximum atomic E-state index is 12.4. The fourth-order valence-corrected chi connectivity index (χ4v) is 4.70. The van der Waals surface area contributed by atoms with Crippen LogP contribution in [0, 0.1) is 13.8 Å². The highest BCUT2D eigenvalue weighted by atomic mass is 32.2. The van der Waals surface area contributed by atoms with Crippen molar-refractivity contribution in [3.63, 3.8) is 0 Å². The van der Waals surface area contributed by atoms with Gasteiger partial charge in [0.15, 0.2) is 22.5 Å². The first kappa shape index (κ1) is 20.2. The third-order valence-corrected chi connectivity index (χ3v) is 6.19. The Kier molecular flexibility index (Phi) is 6.28. The van der Waals surface area contributed by atoms with Crippen LogP contribution in [0.25, 0.3) is 0 Å². The summed E-state index contributed by atoms with van der Waals surface area (Å²) >= 11 is 0. The van der Waals surface area contributed by atoms with Gasteiger partial charge in [0.1, 0.15) is 5.75 Å². The lowest BCUT2D eigenvalue weighted by Crippen LogP contribution is -2.44. The Morgan fingerprint density at radius 2 is 2.00 bits per heavy atom. The Bertz CT molecular complexity index is 789. The minimum atomic E-state index is -3.09. The van der Waals surface area contributed by atoms with Crippen LogP contribution in [0.2, 0.25) is 0 Å². The first-order valence-electron chi connectivity index (χ1n) is 8.45. The zero-order valence-electron chi connectivity index (χ0n) is 15.5. The number of sulfone groups is 1. The minimum Gasteiger partial charge on any atom is -0.482 e. The first-order valence-corrected chi connectivity index (χ1v) is 10.3. The summed E-state index contributed by atoms with van der Waals surface area (Å²) in [5.74, 6) is -0.469. The molecule has 1 fully saturated rings. The van der Waals surface area contributed by atoms with E-state index in [1.165, 1.54) is 18.9 Å². The number of benzene rings is 1. The average molecular weight is 383 g/mol. The average Bonchev–Trinajstić information content (AvgIpc) is 2.92. The largest absolute Gasteiger partial charge is 0.482 e. The van der Waals surface area contributed by atoms with Crippen molar-refractivity contribution >= 4 is 21.7 Å². The molecule has 1 amide bonds. The van der Waals surface area contributed by atoms with E-state index in [9.17, 15) is 18.0 Å². The molecule has 1 aliphatic heterocycles. The standard InChI is InChI=1S/C18H25NO6S/c1-12-5-6-16(13(2)9-12)24-10-17(20)25-14(3)18(21)19(4)15-7-8-26(22,23)11-15/h5-6,9,14-15H,7-8,10-11H2,1-4H3/t14-,15-/m1/s1. The van der Waals surface area contributed by atoms with Gasteiger partial charge in [-0.2, -0.15) is 0 Å². The van der Waals surface area contributed by atoms with Gasteiger partial charge < -0.3 is 14.4 Å². The number of hydrogen-bond acceptors (Lipinski definition) is 6. The second-order valence-electron chi connectivity index (χ2n) is 6.70. The Morgan fingerprint density at radius 3 is 2.58 bits per heavy atom. The molecule has 26 heavy (non-hydrogen) atoms. The van der Waals surface area contributed by atoms with Crippen LogP contribution in [0.3, 0.4) is 0 Å². The number of ether oxygens (including phenoxy) is 2. The van der Waals surface area contributed by atoms with E-state index < -0.39 is 27.8 Å². The van der Waals surface area contributed by atoms with E-state index >= 15 is 0 Å². The van der Waals surface area contributed by atoms with Gasteiger partial charge in [-0.1, -0.05) is 17.7 Å². The lowest BCUT2D eigenvalue weighted by molar-refractivity contribution is -0.160. The lowest BCUT2D eigenvalue weighted by atomic mass is 10.1. The van der Waals surface area contributed by atoms with Gasteiger partial charge in [0.25, 0.3) is 5.91 Å². The van der Waals surface area contributed by atoms with Crippen molar-refractivity contribution in [2.75, 3.05) is 25.2 Å². The molecule has 1 aromatic rings. The highest BCUT2D eigenvalue weighted by Crippen LogP contribution is 2.19. The second kappa shape index (κ2) is 8.07. The number of nitrogens with zero attached hydrogens (tertiary/aromatic N) is 1. The number of amides is 1. The van der Waals surface area contributed by atoms with Crippen LogP contribution in [0.5, 0.6) is 5.75 Å². The molecular weight excluding hydrogens is 358 g/mol. The molecule has 0 radical (unpaired) electrons. The number of carbonyl (C=O) groups excluding carboxylic acids is 2. The summed E-state index contributed by atoms with van der Waals surface area (Å²) in [6, 6.07) is 5.22. The third kappa shape index (κ3) is 5.20. The maximum Gasteiger partial charge on any atom is 0.344 e. The summed E-state index contributed by atoms with van der Waals surface area (Å²) in [6.07, 6.45) is -0.598. The van der Waals surface area contributed by atoms with E-state index in [0.29, 0.717) is 12.2 Å². The lowest BCUT2D eigenvalue weighted by Gasteiger charge is -2.26. The molecule has 1 aliphatic rings. The maximum absolute atomic E-state index is 12.4. The summed E-state index contributed by atoms with van der Waals surface area (Å²) in [7, 11) is -1.56. The highest BCUT2D eigenvalue weighted by molar-refractivity contribution is 7.91. The number of rotatable bonds is 6. The number of hydrogen-bond donors (Lipinski definition) is 0. The van der Waals surface area contributed by atoms with E-state index in [4.69, 9.17) is 9.47 Å². The number of carbonyl (C=O) groups is 2. The van der Waals surface area contributed by atoms with Crippen LogP contribution in [-0.4, -0.2) is 62.5 Å². The van der Waals surface area contributed by atoms with E-state index in [2.05, 4.69) is 0 Å². The molecular formula is C18H25NO6S. The van der Waals surface area contributed by atoms with Gasteiger partial charge in [-0.15, -0.1) is 0 Å². The van der Waals surface area contributed by atoms with Crippen molar-refractivity contribution in [1.29, 1.82) is 0 Å². The summed E-state index contributed by atoms with van der Waals surface area (Å²) in [4.78, 5) is 25.7. The van der Waals surface area contributed by atoms with Crippen LogP contribution < -0.4 is 4.74 Å². The predicted molar refractivity (Wildman–Crippen MR) is 96.8 cm³/mol. The number of esters is 1. The quantitative estimate of drug-likeness (QED) is 0.687. The molecule has 0 aromatic heterocycles. The summed E-state index contributed by atoms with van der Waals surface area (Å²) < 4.78 is 33.7. The van der Waals surface area contributed by atoms with Crippen LogP contribution >= 0.6 is 0 Å². The monoisotopic (exact) mass is 383 g/mol. The minimum absolute atomic E-state index is 0.0499. The fraction of sp³-hybridized carbons (Fsp3) is 0.556. The van der Waals surface area contributed by atoms with E-state index in [1.54, 1.807) is 6.07 Å². The van der Waals surface area contributed by atoms with E-state index in [1.807, 2.05) is 26.0 Å². The molecule has 1 aromatic carbocycles. The zero-order chi connectivity index (χ0) is 19.5. The fourth-order valence-electron chi connectivity index (χ4n) is 2.93. The first-order chi connectivity index (χ1) is 12.1. The van der Waals surface area contributed by atoms with Gasteiger partial charge in [-0.05, 0) is 38.8 Å². The predicted octanol–water partition coefficient (Wildman–Crippen LogP) is 1.26. The van der Waals surface area contributed by atoms with Gasteiger partial charge in [-0.25, -0.2) is 13.2 Å². The van der Waals surface area contributed by atoms with Crippen LogP contribution in [-0.2, 0) is 24.2 Å². The molecule has 0 N–H and O–H groups in total. The molecule has 0 bridgehead atoms. The molecule has 0 saturated carbocycles. The second-order valence-corrected chi connectivity index (χ2v) is 8.92. The summed E-state index contributed by atoms with van der Waals surface area (Å²) in [5, 5.41) is 0. The Hall–Kier alpha value is -2.09. The SMILES string of the molecule is Cc1ccc(OCC(=O)O[C@H](C)C(=O)N(C)[C@@H]2CCS(=O)(=O)C2)c(C)c1. The smallest absolute Gasteiger partial charge is 0.344 e.